The average molecular weight is 308 g/mol. The third-order valence-corrected chi connectivity index (χ3v) is 4.93. The van der Waals surface area contributed by atoms with Crippen molar-refractivity contribution in [2.24, 2.45) is 5.73 Å². The van der Waals surface area contributed by atoms with Gasteiger partial charge in [0, 0.05) is 11.6 Å². The van der Waals surface area contributed by atoms with Gasteiger partial charge in [-0.2, -0.15) is 0 Å². The average Bonchev–Trinajstić information content (AvgIpc) is 2.45. The number of nitrogens with one attached hydrogen (secondary N) is 1. The van der Waals surface area contributed by atoms with Crippen LogP contribution in [0.3, 0.4) is 0 Å². The van der Waals surface area contributed by atoms with Crippen LogP contribution in [0.2, 0.25) is 0 Å². The molecule has 0 aliphatic carbocycles. The summed E-state index contributed by atoms with van der Waals surface area (Å²) in [6, 6.07) is 5.16. The number of hydrogen-bond donors (Lipinski definition) is 2. The van der Waals surface area contributed by atoms with Gasteiger partial charge in [-0.15, -0.1) is 0 Å². The highest BCUT2D eigenvalue weighted by atomic mass is 32.2. The van der Waals surface area contributed by atoms with E-state index in [9.17, 15) is 8.42 Å². The Morgan fingerprint density at radius 2 is 2.05 bits per heavy atom. The Morgan fingerprint density at radius 3 is 2.62 bits per heavy atom. The number of hydrogen-bond acceptors (Lipinski definition) is 3. The molecule has 0 amide bonds. The van der Waals surface area contributed by atoms with Crippen molar-refractivity contribution in [2.45, 2.75) is 51.0 Å². The molecule has 0 aliphatic heterocycles. The summed E-state index contributed by atoms with van der Waals surface area (Å²) in [4.78, 5) is 0.292. The summed E-state index contributed by atoms with van der Waals surface area (Å²) in [5.74, 6) is 5.61. The SMILES string of the molecule is CCCC(CC)NS(=O)(=O)c1cc(C#CCN)ccc1C. The molecule has 3 N–H and O–H groups in total. The highest BCUT2D eigenvalue weighted by Crippen LogP contribution is 2.18. The van der Waals surface area contributed by atoms with Crippen LogP contribution in [0.4, 0.5) is 0 Å². The zero-order chi connectivity index (χ0) is 15.9. The summed E-state index contributed by atoms with van der Waals surface area (Å²) < 4.78 is 27.9. The number of sulfonamides is 1. The minimum Gasteiger partial charge on any atom is -0.320 e. The van der Waals surface area contributed by atoms with E-state index in [1.54, 1.807) is 25.1 Å². The molecule has 116 valence electrons. The van der Waals surface area contributed by atoms with Gasteiger partial charge < -0.3 is 5.73 Å². The number of rotatable bonds is 6. The summed E-state index contributed by atoms with van der Waals surface area (Å²) in [5.41, 5.74) is 6.72. The molecule has 0 fully saturated rings. The Balaban J connectivity index is 3.12. The first-order valence-electron chi connectivity index (χ1n) is 7.26. The Bertz CT molecular complexity index is 627. The van der Waals surface area contributed by atoms with E-state index in [1.807, 2.05) is 13.8 Å². The minimum atomic E-state index is -3.52. The van der Waals surface area contributed by atoms with Gasteiger partial charge in [0.2, 0.25) is 10.0 Å². The Morgan fingerprint density at radius 1 is 1.33 bits per heavy atom. The zero-order valence-electron chi connectivity index (χ0n) is 12.9. The Labute approximate surface area is 128 Å². The predicted molar refractivity (Wildman–Crippen MR) is 86.4 cm³/mol. The zero-order valence-corrected chi connectivity index (χ0v) is 13.8. The second-order valence-corrected chi connectivity index (χ2v) is 6.68. The van der Waals surface area contributed by atoms with Gasteiger partial charge in [-0.1, -0.05) is 38.2 Å². The minimum absolute atomic E-state index is 0.0295. The van der Waals surface area contributed by atoms with Crippen LogP contribution in [0.15, 0.2) is 23.1 Å². The molecule has 1 unspecified atom stereocenters. The molecule has 4 nitrogen and oxygen atoms in total. The van der Waals surface area contributed by atoms with Crippen LogP contribution in [0.1, 0.15) is 44.2 Å². The smallest absolute Gasteiger partial charge is 0.241 e. The van der Waals surface area contributed by atoms with Gasteiger partial charge in [0.15, 0.2) is 0 Å². The summed E-state index contributed by atoms with van der Waals surface area (Å²) in [7, 11) is -3.52. The lowest BCUT2D eigenvalue weighted by Crippen LogP contribution is -2.34. The standard InChI is InChI=1S/C16H24N2O2S/c1-4-7-15(5-2)18-21(19,20)16-12-14(8-6-11-17)10-9-13(16)3/h9-10,12,15,18H,4-5,7,11,17H2,1-3H3. The first-order chi connectivity index (χ1) is 9.94. The van der Waals surface area contributed by atoms with E-state index in [1.165, 1.54) is 0 Å². The lowest BCUT2D eigenvalue weighted by atomic mass is 10.1. The molecule has 0 radical (unpaired) electrons. The van der Waals surface area contributed by atoms with Crippen LogP contribution in [-0.2, 0) is 10.0 Å². The quantitative estimate of drug-likeness (QED) is 0.791. The molecule has 1 atom stereocenters. The summed E-state index contributed by atoms with van der Waals surface area (Å²) in [5, 5.41) is 0. The van der Waals surface area contributed by atoms with Crippen molar-refractivity contribution in [3.05, 3.63) is 29.3 Å². The fourth-order valence-electron chi connectivity index (χ4n) is 2.10. The molecule has 0 spiro atoms. The summed E-state index contributed by atoms with van der Waals surface area (Å²) in [6.07, 6.45) is 2.56. The van der Waals surface area contributed by atoms with E-state index in [-0.39, 0.29) is 12.6 Å². The molecular formula is C16H24N2O2S. The molecule has 0 heterocycles. The molecule has 1 aromatic carbocycles. The third kappa shape index (κ3) is 5.16. The molecule has 5 heteroatoms. The highest BCUT2D eigenvalue weighted by Gasteiger charge is 2.20. The van der Waals surface area contributed by atoms with E-state index in [0.29, 0.717) is 16.0 Å². The second kappa shape index (κ2) is 8.18. The number of benzene rings is 1. The third-order valence-electron chi connectivity index (χ3n) is 3.26. The van der Waals surface area contributed by atoms with Crippen LogP contribution >= 0.6 is 0 Å². The normalized spacial score (nSPS) is 12.6. The number of aryl methyl sites for hydroxylation is 1. The van der Waals surface area contributed by atoms with Crippen LogP contribution in [0.25, 0.3) is 0 Å². The van der Waals surface area contributed by atoms with Crippen molar-refractivity contribution in [1.82, 2.24) is 4.72 Å². The van der Waals surface area contributed by atoms with Crippen LogP contribution < -0.4 is 10.5 Å². The van der Waals surface area contributed by atoms with E-state index < -0.39 is 10.0 Å². The molecule has 1 aromatic rings. The molecule has 0 bridgehead atoms. The molecule has 0 aromatic heterocycles. The maximum absolute atomic E-state index is 12.5. The lowest BCUT2D eigenvalue weighted by molar-refractivity contribution is 0.512. The molecular weight excluding hydrogens is 284 g/mol. The molecule has 0 saturated carbocycles. The lowest BCUT2D eigenvalue weighted by Gasteiger charge is -2.17. The summed E-state index contributed by atoms with van der Waals surface area (Å²) >= 11 is 0. The van der Waals surface area contributed by atoms with Gasteiger partial charge in [-0.05, 0) is 37.5 Å². The predicted octanol–water partition coefficient (Wildman–Crippen LogP) is 2.16. The van der Waals surface area contributed by atoms with Gasteiger partial charge in [-0.25, -0.2) is 13.1 Å². The molecule has 21 heavy (non-hydrogen) atoms. The molecule has 1 rings (SSSR count). The van der Waals surface area contributed by atoms with E-state index in [4.69, 9.17) is 5.73 Å². The van der Waals surface area contributed by atoms with Crippen molar-refractivity contribution in [1.29, 1.82) is 0 Å². The largest absolute Gasteiger partial charge is 0.320 e. The van der Waals surface area contributed by atoms with Crippen molar-refractivity contribution < 1.29 is 8.42 Å². The molecule has 0 saturated heterocycles. The van der Waals surface area contributed by atoms with Crippen molar-refractivity contribution >= 4 is 10.0 Å². The Hall–Kier alpha value is -1.35. The van der Waals surface area contributed by atoms with Crippen molar-refractivity contribution in [3.63, 3.8) is 0 Å². The maximum Gasteiger partial charge on any atom is 0.241 e. The first-order valence-corrected chi connectivity index (χ1v) is 8.74. The fraction of sp³-hybridized carbons (Fsp3) is 0.500. The monoisotopic (exact) mass is 308 g/mol. The van der Waals surface area contributed by atoms with Crippen LogP contribution in [0, 0.1) is 18.8 Å². The highest BCUT2D eigenvalue weighted by molar-refractivity contribution is 7.89. The van der Waals surface area contributed by atoms with Gasteiger partial charge >= 0.3 is 0 Å². The van der Waals surface area contributed by atoms with Gasteiger partial charge in [-0.3, -0.25) is 0 Å². The van der Waals surface area contributed by atoms with E-state index in [2.05, 4.69) is 16.6 Å². The van der Waals surface area contributed by atoms with Gasteiger partial charge in [0.25, 0.3) is 0 Å². The molecule has 0 aliphatic rings. The second-order valence-electron chi connectivity index (χ2n) is 5.00. The number of nitrogens with two attached hydrogens (primary N) is 1. The van der Waals surface area contributed by atoms with E-state index >= 15 is 0 Å². The van der Waals surface area contributed by atoms with Crippen LogP contribution in [-0.4, -0.2) is 21.0 Å². The van der Waals surface area contributed by atoms with Crippen LogP contribution in [0.5, 0.6) is 0 Å². The van der Waals surface area contributed by atoms with Crippen molar-refractivity contribution in [3.8, 4) is 11.8 Å². The Kier molecular flexibility index (Phi) is 6.90. The first kappa shape index (κ1) is 17.7. The topological polar surface area (TPSA) is 72.2 Å². The van der Waals surface area contributed by atoms with Crippen molar-refractivity contribution in [2.75, 3.05) is 6.54 Å². The van der Waals surface area contributed by atoms with Gasteiger partial charge in [0.1, 0.15) is 0 Å². The summed E-state index contributed by atoms with van der Waals surface area (Å²) in [6.45, 7) is 6.07. The van der Waals surface area contributed by atoms with E-state index in [0.717, 1.165) is 19.3 Å². The fourth-order valence-corrected chi connectivity index (χ4v) is 3.72. The maximum atomic E-state index is 12.5. The van der Waals surface area contributed by atoms with Gasteiger partial charge in [0.05, 0.1) is 11.4 Å².